The van der Waals surface area contributed by atoms with Crippen LogP contribution in [0.5, 0.6) is 0 Å². The minimum atomic E-state index is 0.535. The molecule has 6 nitrogen and oxygen atoms in total. The lowest BCUT2D eigenvalue weighted by atomic mass is 10.2. The average Bonchev–Trinajstić information content (AvgIpc) is 3.22. The summed E-state index contributed by atoms with van der Waals surface area (Å²) in [5.41, 5.74) is 1.14. The number of aromatic nitrogens is 2. The summed E-state index contributed by atoms with van der Waals surface area (Å²) in [7, 11) is 0. The Balaban J connectivity index is 1.68. The number of hydrogen-bond donors (Lipinski definition) is 0. The van der Waals surface area contributed by atoms with Crippen molar-refractivity contribution in [1.82, 2.24) is 10.3 Å². The van der Waals surface area contributed by atoms with E-state index in [0.29, 0.717) is 34.4 Å². The Morgan fingerprint density at radius 1 is 0.650 bits per heavy atom. The summed E-state index contributed by atoms with van der Waals surface area (Å²) >= 11 is 0. The molecule has 0 amide bonds. The normalized spacial score (nSPS) is 11.0. The Labute approximate surface area is 112 Å². The fourth-order valence-electron chi connectivity index (χ4n) is 1.86. The van der Waals surface area contributed by atoms with Crippen molar-refractivity contribution < 1.29 is 17.9 Å². The van der Waals surface area contributed by atoms with Crippen LogP contribution in [-0.4, -0.2) is 10.3 Å². The topological polar surface area (TPSA) is 78.3 Å². The van der Waals surface area contributed by atoms with Crippen molar-refractivity contribution in [2.45, 2.75) is 0 Å². The maximum absolute atomic E-state index is 5.24. The van der Waals surface area contributed by atoms with Gasteiger partial charge < -0.3 is 17.9 Å². The molecule has 4 heterocycles. The predicted octanol–water partition coefficient (Wildman–Crippen LogP) is 3.85. The maximum Gasteiger partial charge on any atom is 0.202 e. The highest BCUT2D eigenvalue weighted by Crippen LogP contribution is 2.28. The number of hydrogen-bond acceptors (Lipinski definition) is 6. The minimum absolute atomic E-state index is 0.535. The van der Waals surface area contributed by atoms with Crippen LogP contribution >= 0.6 is 0 Å². The van der Waals surface area contributed by atoms with E-state index < -0.39 is 0 Å². The molecule has 6 heteroatoms. The molecule has 0 aliphatic heterocycles. The molecule has 0 saturated carbocycles. The second-order valence-electron chi connectivity index (χ2n) is 4.11. The first-order valence-corrected chi connectivity index (χ1v) is 5.92. The molecule has 0 fully saturated rings. The van der Waals surface area contributed by atoms with Gasteiger partial charge in [0.2, 0.25) is 11.5 Å². The zero-order valence-electron chi connectivity index (χ0n) is 10.1. The molecule has 0 bridgehead atoms. The Morgan fingerprint density at radius 2 is 1.15 bits per heavy atom. The van der Waals surface area contributed by atoms with E-state index in [-0.39, 0.29) is 0 Å². The highest BCUT2D eigenvalue weighted by molar-refractivity contribution is 5.64. The van der Waals surface area contributed by atoms with E-state index in [1.807, 2.05) is 0 Å². The van der Waals surface area contributed by atoms with Gasteiger partial charge in [-0.1, -0.05) is 10.3 Å². The zero-order valence-corrected chi connectivity index (χ0v) is 10.1. The van der Waals surface area contributed by atoms with Crippen LogP contribution < -0.4 is 0 Å². The monoisotopic (exact) mass is 268 g/mol. The Hall–Kier alpha value is -3.02. The van der Waals surface area contributed by atoms with Gasteiger partial charge in [0.25, 0.3) is 0 Å². The number of rotatable bonds is 3. The van der Waals surface area contributed by atoms with E-state index in [1.54, 1.807) is 48.9 Å². The van der Waals surface area contributed by atoms with Crippen LogP contribution in [0, 0.1) is 0 Å². The van der Waals surface area contributed by atoms with Gasteiger partial charge in [0.05, 0.1) is 12.5 Å². The molecular formula is C14H8N2O4. The third-order valence-electron chi connectivity index (χ3n) is 2.81. The van der Waals surface area contributed by atoms with Gasteiger partial charge >= 0.3 is 0 Å². The first-order chi connectivity index (χ1) is 9.90. The largest absolute Gasteiger partial charge is 0.461 e. The molecule has 4 aromatic rings. The fourth-order valence-corrected chi connectivity index (χ4v) is 1.86. The SMILES string of the molecule is c1coc(-c2cc(-c3cc(-c4ccco4)on3)no2)c1. The van der Waals surface area contributed by atoms with Crippen LogP contribution in [0.25, 0.3) is 34.4 Å². The molecule has 0 atom stereocenters. The van der Waals surface area contributed by atoms with E-state index in [4.69, 9.17) is 17.9 Å². The molecule has 0 spiro atoms. The molecule has 4 aromatic heterocycles. The first kappa shape index (κ1) is 10.9. The smallest absolute Gasteiger partial charge is 0.202 e. The van der Waals surface area contributed by atoms with Crippen molar-refractivity contribution in [2.75, 3.05) is 0 Å². The van der Waals surface area contributed by atoms with Gasteiger partial charge in [0, 0.05) is 12.1 Å². The summed E-state index contributed by atoms with van der Waals surface area (Å²) in [6.45, 7) is 0. The molecule has 0 radical (unpaired) electrons. The summed E-state index contributed by atoms with van der Waals surface area (Å²) in [4.78, 5) is 0. The Kier molecular flexibility index (Phi) is 2.32. The minimum Gasteiger partial charge on any atom is -0.461 e. The second kappa shape index (κ2) is 4.27. The van der Waals surface area contributed by atoms with Crippen molar-refractivity contribution in [3.05, 3.63) is 48.9 Å². The molecule has 98 valence electrons. The van der Waals surface area contributed by atoms with Gasteiger partial charge in [0.15, 0.2) is 11.5 Å². The second-order valence-corrected chi connectivity index (χ2v) is 4.11. The van der Waals surface area contributed by atoms with Gasteiger partial charge in [-0.25, -0.2) is 0 Å². The van der Waals surface area contributed by atoms with Crippen LogP contribution in [-0.2, 0) is 0 Å². The Bertz CT molecular complexity index is 739. The zero-order chi connectivity index (χ0) is 13.4. The summed E-state index contributed by atoms with van der Waals surface area (Å²) in [5, 5.41) is 7.90. The predicted molar refractivity (Wildman–Crippen MR) is 67.4 cm³/mol. The van der Waals surface area contributed by atoms with Gasteiger partial charge in [-0.05, 0) is 24.3 Å². The van der Waals surface area contributed by atoms with Crippen molar-refractivity contribution >= 4 is 0 Å². The maximum atomic E-state index is 5.24. The van der Waals surface area contributed by atoms with E-state index in [2.05, 4.69) is 10.3 Å². The van der Waals surface area contributed by atoms with E-state index in [9.17, 15) is 0 Å². The van der Waals surface area contributed by atoms with Crippen LogP contribution in [0.4, 0.5) is 0 Å². The Morgan fingerprint density at radius 3 is 1.55 bits per heavy atom. The summed E-state index contributed by atoms with van der Waals surface area (Å²) < 4.78 is 20.9. The lowest BCUT2D eigenvalue weighted by Crippen LogP contribution is -1.73. The van der Waals surface area contributed by atoms with Gasteiger partial charge in [-0.15, -0.1) is 0 Å². The van der Waals surface area contributed by atoms with Crippen LogP contribution in [0.3, 0.4) is 0 Å². The molecule has 0 aliphatic carbocycles. The van der Waals surface area contributed by atoms with Crippen LogP contribution in [0.2, 0.25) is 0 Å². The molecule has 0 N–H and O–H groups in total. The van der Waals surface area contributed by atoms with Crippen molar-refractivity contribution in [1.29, 1.82) is 0 Å². The molecule has 0 unspecified atom stereocenters. The van der Waals surface area contributed by atoms with Crippen molar-refractivity contribution in [3.63, 3.8) is 0 Å². The summed E-state index contributed by atoms with van der Waals surface area (Å²) in [6.07, 6.45) is 3.14. The molecule has 0 saturated heterocycles. The molecule has 0 aromatic carbocycles. The van der Waals surface area contributed by atoms with E-state index in [1.165, 1.54) is 0 Å². The third kappa shape index (κ3) is 1.74. The lowest BCUT2D eigenvalue weighted by Gasteiger charge is -1.83. The average molecular weight is 268 g/mol. The van der Waals surface area contributed by atoms with Crippen LogP contribution in [0.1, 0.15) is 0 Å². The first-order valence-electron chi connectivity index (χ1n) is 5.92. The standard InChI is InChI=1S/C14H8N2O4/c1-3-11(17-5-1)13-7-9(15-19-13)10-8-14(20-16-10)12-4-2-6-18-12/h1-8H. The van der Waals surface area contributed by atoms with Crippen molar-refractivity contribution in [2.24, 2.45) is 0 Å². The summed E-state index contributed by atoms with van der Waals surface area (Å²) in [6, 6.07) is 10.6. The lowest BCUT2D eigenvalue weighted by molar-refractivity contribution is 0.411. The van der Waals surface area contributed by atoms with E-state index >= 15 is 0 Å². The number of nitrogens with zero attached hydrogens (tertiary/aromatic N) is 2. The van der Waals surface area contributed by atoms with Crippen molar-refractivity contribution in [3.8, 4) is 34.4 Å². The molecule has 4 rings (SSSR count). The van der Waals surface area contributed by atoms with Gasteiger partial charge in [0.1, 0.15) is 11.4 Å². The molecular weight excluding hydrogens is 260 g/mol. The van der Waals surface area contributed by atoms with E-state index in [0.717, 1.165) is 0 Å². The van der Waals surface area contributed by atoms with Crippen LogP contribution in [0.15, 0.2) is 66.8 Å². The quantitative estimate of drug-likeness (QED) is 0.561. The van der Waals surface area contributed by atoms with Gasteiger partial charge in [-0.2, -0.15) is 0 Å². The highest BCUT2D eigenvalue weighted by atomic mass is 16.5. The van der Waals surface area contributed by atoms with Gasteiger partial charge in [-0.3, -0.25) is 0 Å². The molecule has 20 heavy (non-hydrogen) atoms. The highest BCUT2D eigenvalue weighted by Gasteiger charge is 2.15. The third-order valence-corrected chi connectivity index (χ3v) is 2.81. The molecule has 0 aliphatic rings. The number of furan rings is 2. The fraction of sp³-hybridized carbons (Fsp3) is 0. The summed E-state index contributed by atoms with van der Waals surface area (Å²) in [5.74, 6) is 2.29.